The standard InChI is InChI=1S/C10H14/c1-2-3-9-6-8-4-5-10(9)7-8/h4-6,8,10H,2-3,7H2,1H3. The maximum atomic E-state index is 2.47. The van der Waals surface area contributed by atoms with Gasteiger partial charge >= 0.3 is 0 Å². The Balaban J connectivity index is 2.07. The highest BCUT2D eigenvalue weighted by atomic mass is 14.3. The fraction of sp³-hybridized carbons (Fsp3) is 0.600. The van der Waals surface area contributed by atoms with E-state index in [1.54, 1.807) is 5.57 Å². The molecule has 54 valence electrons. The summed E-state index contributed by atoms with van der Waals surface area (Å²) in [6.45, 7) is 2.26. The van der Waals surface area contributed by atoms with Crippen molar-refractivity contribution in [3.63, 3.8) is 0 Å². The Morgan fingerprint density at radius 1 is 1.50 bits per heavy atom. The lowest BCUT2D eigenvalue weighted by Crippen LogP contribution is -1.92. The van der Waals surface area contributed by atoms with Gasteiger partial charge in [0.15, 0.2) is 0 Å². The van der Waals surface area contributed by atoms with Crippen LogP contribution < -0.4 is 0 Å². The Morgan fingerprint density at radius 2 is 2.40 bits per heavy atom. The summed E-state index contributed by atoms with van der Waals surface area (Å²) < 4.78 is 0. The predicted octanol–water partition coefficient (Wildman–Crippen LogP) is 2.92. The third-order valence-corrected chi connectivity index (χ3v) is 2.56. The van der Waals surface area contributed by atoms with Crippen LogP contribution in [0.5, 0.6) is 0 Å². The van der Waals surface area contributed by atoms with Gasteiger partial charge in [-0.3, -0.25) is 0 Å². The van der Waals surface area contributed by atoms with Gasteiger partial charge in [-0.15, -0.1) is 0 Å². The van der Waals surface area contributed by atoms with Crippen molar-refractivity contribution < 1.29 is 0 Å². The molecule has 0 saturated carbocycles. The molecule has 0 heteroatoms. The lowest BCUT2D eigenvalue weighted by molar-refractivity contribution is 0.688. The zero-order valence-corrected chi connectivity index (χ0v) is 6.51. The minimum absolute atomic E-state index is 0.812. The summed E-state index contributed by atoms with van der Waals surface area (Å²) in [4.78, 5) is 0. The third kappa shape index (κ3) is 0.828. The molecule has 0 heterocycles. The predicted molar refractivity (Wildman–Crippen MR) is 43.7 cm³/mol. The molecule has 0 nitrogen and oxygen atoms in total. The molecule has 2 aliphatic rings. The van der Waals surface area contributed by atoms with E-state index in [-0.39, 0.29) is 0 Å². The zero-order valence-electron chi connectivity index (χ0n) is 6.51. The second-order valence-corrected chi connectivity index (χ2v) is 3.38. The van der Waals surface area contributed by atoms with Gasteiger partial charge in [-0.05, 0) is 24.7 Å². The van der Waals surface area contributed by atoms with Crippen molar-refractivity contribution >= 4 is 0 Å². The van der Waals surface area contributed by atoms with E-state index >= 15 is 0 Å². The molecule has 0 fully saturated rings. The maximum Gasteiger partial charge on any atom is -0.00143 e. The van der Waals surface area contributed by atoms with E-state index in [1.165, 1.54) is 19.3 Å². The van der Waals surface area contributed by atoms with E-state index in [0.717, 1.165) is 11.8 Å². The average Bonchev–Trinajstić information content (AvgIpc) is 2.48. The molecule has 0 aromatic rings. The first-order valence-electron chi connectivity index (χ1n) is 4.29. The molecular formula is C10H14. The first-order valence-corrected chi connectivity index (χ1v) is 4.29. The molecule has 0 aromatic carbocycles. The summed E-state index contributed by atoms with van der Waals surface area (Å²) in [5, 5.41) is 0. The van der Waals surface area contributed by atoms with Crippen molar-refractivity contribution in [2.75, 3.05) is 0 Å². The van der Waals surface area contributed by atoms with Crippen LogP contribution in [0.2, 0.25) is 0 Å². The summed E-state index contributed by atoms with van der Waals surface area (Å²) in [7, 11) is 0. The van der Waals surface area contributed by atoms with E-state index in [4.69, 9.17) is 0 Å². The molecular weight excluding hydrogens is 120 g/mol. The van der Waals surface area contributed by atoms with Gasteiger partial charge in [-0.25, -0.2) is 0 Å². The Bertz CT molecular complexity index is 186. The second-order valence-electron chi connectivity index (χ2n) is 3.38. The fourth-order valence-electron chi connectivity index (χ4n) is 2.08. The van der Waals surface area contributed by atoms with Crippen molar-refractivity contribution in [3.05, 3.63) is 23.8 Å². The van der Waals surface area contributed by atoms with Gasteiger partial charge in [0.1, 0.15) is 0 Å². The average molecular weight is 134 g/mol. The quantitative estimate of drug-likeness (QED) is 0.509. The van der Waals surface area contributed by atoms with Gasteiger partial charge in [0, 0.05) is 0 Å². The first-order chi connectivity index (χ1) is 4.90. The van der Waals surface area contributed by atoms with Crippen LogP contribution in [0.3, 0.4) is 0 Å². The first kappa shape index (κ1) is 6.21. The van der Waals surface area contributed by atoms with Gasteiger partial charge in [0.05, 0.1) is 0 Å². The van der Waals surface area contributed by atoms with E-state index < -0.39 is 0 Å². The molecule has 0 aromatic heterocycles. The highest BCUT2D eigenvalue weighted by Gasteiger charge is 2.26. The van der Waals surface area contributed by atoms with E-state index in [0.29, 0.717) is 0 Å². The highest BCUT2D eigenvalue weighted by molar-refractivity contribution is 5.29. The second kappa shape index (κ2) is 2.26. The Hall–Kier alpha value is -0.520. The van der Waals surface area contributed by atoms with Crippen LogP contribution in [0, 0.1) is 11.8 Å². The van der Waals surface area contributed by atoms with Gasteiger partial charge in [0.2, 0.25) is 0 Å². The van der Waals surface area contributed by atoms with Crippen LogP contribution in [-0.4, -0.2) is 0 Å². The lowest BCUT2D eigenvalue weighted by Gasteiger charge is -2.06. The molecule has 10 heavy (non-hydrogen) atoms. The smallest absolute Gasteiger partial charge is 0.00143 e. The summed E-state index contributed by atoms with van der Waals surface area (Å²) in [6.07, 6.45) is 11.2. The van der Waals surface area contributed by atoms with E-state index in [1.807, 2.05) is 0 Å². The van der Waals surface area contributed by atoms with Gasteiger partial charge in [-0.1, -0.05) is 37.1 Å². The monoisotopic (exact) mass is 134 g/mol. The number of rotatable bonds is 2. The van der Waals surface area contributed by atoms with Crippen LogP contribution in [0.15, 0.2) is 23.8 Å². The maximum absolute atomic E-state index is 2.47. The highest BCUT2D eigenvalue weighted by Crippen LogP contribution is 2.39. The number of fused-ring (bicyclic) bond motifs is 2. The van der Waals surface area contributed by atoms with Crippen LogP contribution >= 0.6 is 0 Å². The van der Waals surface area contributed by atoms with Crippen molar-refractivity contribution in [2.24, 2.45) is 11.8 Å². The number of allylic oxidation sites excluding steroid dienone is 4. The minimum atomic E-state index is 0.812. The SMILES string of the molecule is CCCC1=CC2C=CC1C2. The van der Waals surface area contributed by atoms with Crippen molar-refractivity contribution in [1.29, 1.82) is 0 Å². The van der Waals surface area contributed by atoms with Crippen LogP contribution in [-0.2, 0) is 0 Å². The summed E-state index contributed by atoms with van der Waals surface area (Å²) in [6, 6.07) is 0. The van der Waals surface area contributed by atoms with Crippen molar-refractivity contribution in [2.45, 2.75) is 26.2 Å². The largest absolute Gasteiger partial charge is 0.0810 e. The molecule has 0 radical (unpaired) electrons. The van der Waals surface area contributed by atoms with Crippen molar-refractivity contribution in [3.8, 4) is 0 Å². The van der Waals surface area contributed by atoms with E-state index in [2.05, 4.69) is 25.2 Å². The molecule has 0 amide bonds. The Kier molecular flexibility index (Phi) is 1.40. The number of hydrogen-bond acceptors (Lipinski definition) is 0. The van der Waals surface area contributed by atoms with E-state index in [9.17, 15) is 0 Å². The topological polar surface area (TPSA) is 0 Å². The molecule has 2 rings (SSSR count). The Morgan fingerprint density at radius 3 is 2.90 bits per heavy atom. The Labute approximate surface area is 62.6 Å². The summed E-state index contributed by atoms with van der Waals surface area (Å²) in [5.41, 5.74) is 1.70. The molecule has 2 unspecified atom stereocenters. The van der Waals surface area contributed by atoms with Crippen molar-refractivity contribution in [1.82, 2.24) is 0 Å². The molecule has 0 aliphatic heterocycles. The molecule has 2 atom stereocenters. The zero-order chi connectivity index (χ0) is 6.97. The van der Waals surface area contributed by atoms with Crippen LogP contribution in [0.4, 0.5) is 0 Å². The molecule has 0 spiro atoms. The lowest BCUT2D eigenvalue weighted by atomic mass is 9.99. The van der Waals surface area contributed by atoms with Gasteiger partial charge in [0.25, 0.3) is 0 Å². The minimum Gasteiger partial charge on any atom is -0.0810 e. The molecule has 2 bridgehead atoms. The third-order valence-electron chi connectivity index (χ3n) is 2.56. The van der Waals surface area contributed by atoms with Gasteiger partial charge in [-0.2, -0.15) is 0 Å². The van der Waals surface area contributed by atoms with Gasteiger partial charge < -0.3 is 0 Å². The molecule has 2 aliphatic carbocycles. The normalized spacial score (nSPS) is 35.1. The molecule has 0 saturated heterocycles. The summed E-state index contributed by atoms with van der Waals surface area (Å²) in [5.74, 6) is 1.65. The van der Waals surface area contributed by atoms with Crippen LogP contribution in [0.25, 0.3) is 0 Å². The van der Waals surface area contributed by atoms with Crippen LogP contribution in [0.1, 0.15) is 26.2 Å². The molecule has 0 N–H and O–H groups in total. The fourth-order valence-corrected chi connectivity index (χ4v) is 2.08. The number of hydrogen-bond donors (Lipinski definition) is 0. The summed E-state index contributed by atoms with van der Waals surface area (Å²) >= 11 is 0.